The molecule has 2 aliphatic rings. The van der Waals surface area contributed by atoms with E-state index in [1.165, 1.54) is 38.9 Å². The smallest absolute Gasteiger partial charge is 0.347 e. The van der Waals surface area contributed by atoms with E-state index in [4.69, 9.17) is 4.74 Å². The van der Waals surface area contributed by atoms with E-state index >= 15 is 0 Å². The topological polar surface area (TPSA) is 127 Å². The highest BCUT2D eigenvalue weighted by Gasteiger charge is 2.41. The highest BCUT2D eigenvalue weighted by molar-refractivity contribution is 5.46. The van der Waals surface area contributed by atoms with Crippen molar-refractivity contribution in [2.24, 2.45) is 14.1 Å². The van der Waals surface area contributed by atoms with Gasteiger partial charge in [-0.15, -0.1) is 0 Å². The third kappa shape index (κ3) is 3.29. The molecular weight excluding hydrogens is 480 g/mol. The van der Waals surface area contributed by atoms with Gasteiger partial charge in [0.25, 0.3) is 0 Å². The maximum atomic E-state index is 13.1. The van der Waals surface area contributed by atoms with Gasteiger partial charge in [-0.3, -0.25) is 0 Å². The van der Waals surface area contributed by atoms with Crippen LogP contribution in [0.3, 0.4) is 0 Å². The fourth-order valence-corrected chi connectivity index (χ4v) is 5.24. The van der Waals surface area contributed by atoms with E-state index < -0.39 is 34.8 Å². The van der Waals surface area contributed by atoms with E-state index in [-0.39, 0.29) is 18.8 Å². The number of hydrogen-bond acceptors (Lipinski definition) is 6. The van der Waals surface area contributed by atoms with E-state index in [1.54, 1.807) is 18.2 Å². The number of phenols is 1. The number of allylic oxidation sites excluding steroid dienone is 2. The summed E-state index contributed by atoms with van der Waals surface area (Å²) in [6.07, 6.45) is 1.78. The van der Waals surface area contributed by atoms with Gasteiger partial charge in [0.2, 0.25) is 0 Å². The SMILES string of the molecule is Cn1c(=O)n2n(c1=O)[C@@H]1Cn3c(=O)n(C)c(=O)n3[C@@H](c3ccc(OCc4ccccc4)cc3O)C1=CC2. The molecule has 1 N–H and O–H groups in total. The Labute approximate surface area is 208 Å². The highest BCUT2D eigenvalue weighted by atomic mass is 16.5. The van der Waals surface area contributed by atoms with E-state index in [9.17, 15) is 24.3 Å². The first-order chi connectivity index (χ1) is 17.8. The van der Waals surface area contributed by atoms with Gasteiger partial charge in [-0.05, 0) is 23.3 Å². The summed E-state index contributed by atoms with van der Waals surface area (Å²) in [4.78, 5) is 51.6. The third-order valence-corrected chi connectivity index (χ3v) is 7.13. The molecule has 2 atom stereocenters. The zero-order valence-electron chi connectivity index (χ0n) is 20.1. The second-order valence-corrected chi connectivity index (χ2v) is 9.22. The molecule has 0 fully saturated rings. The van der Waals surface area contributed by atoms with Crippen LogP contribution in [0, 0.1) is 0 Å². The average Bonchev–Trinajstić information content (AvgIpc) is 3.26. The van der Waals surface area contributed by atoms with Gasteiger partial charge in [-0.25, -0.2) is 47.0 Å². The molecule has 4 aromatic rings. The first-order valence-electron chi connectivity index (χ1n) is 11.7. The molecule has 12 nitrogen and oxygen atoms in total. The van der Waals surface area contributed by atoms with Crippen molar-refractivity contribution in [2.75, 3.05) is 0 Å². The van der Waals surface area contributed by atoms with Crippen molar-refractivity contribution in [1.82, 2.24) is 27.9 Å². The quantitative estimate of drug-likeness (QED) is 0.392. The Bertz CT molecular complexity index is 1810. The zero-order chi connectivity index (χ0) is 26.0. The second kappa shape index (κ2) is 8.15. The molecule has 190 valence electrons. The van der Waals surface area contributed by atoms with Crippen LogP contribution in [0.15, 0.2) is 79.4 Å². The lowest BCUT2D eigenvalue weighted by atomic mass is 9.89. The highest BCUT2D eigenvalue weighted by Crippen LogP contribution is 2.42. The standard InChI is InChI=1S/C25H24N6O6/c1-26-22(33)28-11-10-17-19(30(28)24(26)35)13-29-23(34)27(2)25(36)31(29)21(17)18-9-8-16(12-20(18)32)37-14-15-6-4-3-5-7-15/h3-10,12,19,21,32H,11,13-14H2,1-2H3/t19-,21-/m1/s1. The first kappa shape index (κ1) is 22.7. The molecule has 0 bridgehead atoms. The second-order valence-electron chi connectivity index (χ2n) is 9.22. The maximum Gasteiger partial charge on any atom is 0.347 e. The van der Waals surface area contributed by atoms with Gasteiger partial charge in [0, 0.05) is 25.7 Å². The van der Waals surface area contributed by atoms with Crippen LogP contribution in [-0.2, 0) is 33.8 Å². The van der Waals surface area contributed by atoms with Crippen LogP contribution in [0.5, 0.6) is 11.5 Å². The van der Waals surface area contributed by atoms with E-state index in [1.807, 2.05) is 30.3 Å². The predicted molar refractivity (Wildman–Crippen MR) is 132 cm³/mol. The molecule has 0 saturated carbocycles. The maximum absolute atomic E-state index is 13.1. The molecule has 0 unspecified atom stereocenters. The van der Waals surface area contributed by atoms with Crippen molar-refractivity contribution in [2.45, 2.75) is 31.8 Å². The minimum atomic E-state index is -0.876. The molecule has 2 aromatic carbocycles. The molecule has 0 saturated heterocycles. The number of aromatic hydroxyl groups is 1. The summed E-state index contributed by atoms with van der Waals surface area (Å²) >= 11 is 0. The number of benzene rings is 2. The summed E-state index contributed by atoms with van der Waals surface area (Å²) in [5, 5.41) is 11.1. The number of rotatable bonds is 4. The van der Waals surface area contributed by atoms with Crippen molar-refractivity contribution >= 4 is 0 Å². The summed E-state index contributed by atoms with van der Waals surface area (Å²) in [6.45, 7) is 0.407. The van der Waals surface area contributed by atoms with Crippen molar-refractivity contribution < 1.29 is 9.84 Å². The molecule has 6 rings (SSSR count). The van der Waals surface area contributed by atoms with Crippen molar-refractivity contribution in [3.8, 4) is 11.5 Å². The van der Waals surface area contributed by atoms with Crippen LogP contribution < -0.4 is 27.5 Å². The summed E-state index contributed by atoms with van der Waals surface area (Å²) in [7, 11) is 2.77. The molecule has 0 spiro atoms. The Morgan fingerprint density at radius 1 is 0.865 bits per heavy atom. The number of fused-ring (bicyclic) bond motifs is 4. The lowest BCUT2D eigenvalue weighted by Gasteiger charge is -2.37. The minimum Gasteiger partial charge on any atom is -0.507 e. The Kier molecular flexibility index (Phi) is 5.00. The van der Waals surface area contributed by atoms with E-state index in [0.717, 1.165) is 14.7 Å². The normalized spacial score (nSPS) is 18.1. The van der Waals surface area contributed by atoms with Gasteiger partial charge < -0.3 is 9.84 Å². The van der Waals surface area contributed by atoms with Gasteiger partial charge in [0.1, 0.15) is 24.1 Å². The molecule has 4 heterocycles. The molecule has 2 aromatic heterocycles. The largest absolute Gasteiger partial charge is 0.507 e. The number of phenolic OH excluding ortho intramolecular Hbond substituents is 1. The number of nitrogens with zero attached hydrogens (tertiary/aromatic N) is 6. The van der Waals surface area contributed by atoms with Crippen molar-refractivity contribution in [1.29, 1.82) is 0 Å². The molecule has 0 amide bonds. The van der Waals surface area contributed by atoms with Crippen LogP contribution in [0.1, 0.15) is 23.2 Å². The number of aromatic nitrogens is 6. The van der Waals surface area contributed by atoms with Crippen molar-refractivity contribution in [3.63, 3.8) is 0 Å². The zero-order valence-corrected chi connectivity index (χ0v) is 20.1. The lowest BCUT2D eigenvalue weighted by molar-refractivity contribution is 0.243. The molecule has 12 heteroatoms. The lowest BCUT2D eigenvalue weighted by Crippen LogP contribution is -2.46. The molecule has 0 aliphatic carbocycles. The molecule has 2 aliphatic heterocycles. The van der Waals surface area contributed by atoms with Gasteiger partial charge in [-0.2, -0.15) is 0 Å². The monoisotopic (exact) mass is 504 g/mol. The van der Waals surface area contributed by atoms with Gasteiger partial charge in [0.05, 0.1) is 19.1 Å². The molecule has 0 radical (unpaired) electrons. The van der Waals surface area contributed by atoms with E-state index in [2.05, 4.69) is 0 Å². The summed E-state index contributed by atoms with van der Waals surface area (Å²) in [6, 6.07) is 12.8. The fourth-order valence-electron chi connectivity index (χ4n) is 5.24. The Morgan fingerprint density at radius 3 is 2.24 bits per heavy atom. The number of hydrogen-bond donors (Lipinski definition) is 1. The van der Waals surface area contributed by atoms with Crippen molar-refractivity contribution in [3.05, 3.63) is 113 Å². The van der Waals surface area contributed by atoms with Crippen LogP contribution in [0.4, 0.5) is 0 Å². The Morgan fingerprint density at radius 2 is 1.54 bits per heavy atom. The summed E-state index contributed by atoms with van der Waals surface area (Å²) in [5.74, 6) is 0.302. The predicted octanol–water partition coefficient (Wildman–Crippen LogP) is 0.0793. The number of ether oxygens (including phenoxy) is 1. The molecular formula is C25H24N6O6. The third-order valence-electron chi connectivity index (χ3n) is 7.13. The minimum absolute atomic E-state index is 0.0142. The van der Waals surface area contributed by atoms with Gasteiger partial charge in [0.15, 0.2) is 0 Å². The summed E-state index contributed by atoms with van der Waals surface area (Å²) < 4.78 is 13.0. The van der Waals surface area contributed by atoms with Gasteiger partial charge >= 0.3 is 22.8 Å². The Hall–Kier alpha value is -4.74. The fraction of sp³-hybridized carbons (Fsp3) is 0.280. The van der Waals surface area contributed by atoms with Crippen LogP contribution in [-0.4, -0.2) is 33.0 Å². The van der Waals surface area contributed by atoms with Crippen LogP contribution in [0.25, 0.3) is 0 Å². The first-order valence-corrected chi connectivity index (χ1v) is 11.7. The average molecular weight is 505 g/mol. The Balaban J connectivity index is 1.47. The van der Waals surface area contributed by atoms with Crippen LogP contribution >= 0.6 is 0 Å². The van der Waals surface area contributed by atoms with E-state index in [0.29, 0.717) is 23.5 Å². The molecule has 37 heavy (non-hydrogen) atoms. The van der Waals surface area contributed by atoms with Crippen LogP contribution in [0.2, 0.25) is 0 Å². The summed E-state index contributed by atoms with van der Waals surface area (Å²) in [5.41, 5.74) is -0.136. The van der Waals surface area contributed by atoms with Gasteiger partial charge in [-0.1, -0.05) is 36.4 Å².